The SMILES string of the molecule is C#CC(I)[N+](CCCCCC)(CCCCCC)CCCCCC. The maximum absolute atomic E-state index is 5.88. The molecule has 0 saturated carbocycles. The molecule has 0 rings (SSSR count). The minimum atomic E-state index is 0.345. The molecule has 0 aromatic heterocycles. The molecule has 0 aliphatic heterocycles. The van der Waals surface area contributed by atoms with Crippen LogP contribution in [-0.4, -0.2) is 28.2 Å². The highest BCUT2D eigenvalue weighted by Gasteiger charge is 2.32. The first-order valence-corrected chi connectivity index (χ1v) is 11.4. The minimum Gasteiger partial charge on any atom is -0.303 e. The molecule has 1 unspecified atom stereocenters. The van der Waals surface area contributed by atoms with Crippen LogP contribution in [0.15, 0.2) is 0 Å². The van der Waals surface area contributed by atoms with Crippen LogP contribution in [-0.2, 0) is 0 Å². The fourth-order valence-corrected chi connectivity index (χ4v) is 4.23. The molecule has 0 radical (unpaired) electrons. The van der Waals surface area contributed by atoms with E-state index in [2.05, 4.69) is 49.3 Å². The van der Waals surface area contributed by atoms with E-state index in [-0.39, 0.29) is 0 Å². The Balaban J connectivity index is 4.70. The number of hydrogen-bond donors (Lipinski definition) is 0. The summed E-state index contributed by atoms with van der Waals surface area (Å²) in [5.74, 6) is 3.09. The summed E-state index contributed by atoms with van der Waals surface area (Å²) in [5, 5.41) is 0. The number of alkyl halides is 1. The summed E-state index contributed by atoms with van der Waals surface area (Å²) in [6, 6.07) is 0. The highest BCUT2D eigenvalue weighted by molar-refractivity contribution is 14.1. The van der Waals surface area contributed by atoms with E-state index in [1.165, 1.54) is 101 Å². The summed E-state index contributed by atoms with van der Waals surface area (Å²) in [4.78, 5) is 0. The van der Waals surface area contributed by atoms with E-state index in [0.29, 0.717) is 4.05 Å². The highest BCUT2D eigenvalue weighted by Crippen LogP contribution is 2.25. The average molecular weight is 434 g/mol. The zero-order chi connectivity index (χ0) is 17.4. The van der Waals surface area contributed by atoms with Gasteiger partial charge >= 0.3 is 0 Å². The van der Waals surface area contributed by atoms with Crippen LogP contribution in [0.5, 0.6) is 0 Å². The third-order valence-corrected chi connectivity index (χ3v) is 6.53. The maximum Gasteiger partial charge on any atom is 0.200 e. The quantitative estimate of drug-likeness (QED) is 0.0617. The van der Waals surface area contributed by atoms with E-state index < -0.39 is 0 Å². The molecule has 0 amide bonds. The molecule has 23 heavy (non-hydrogen) atoms. The molecular formula is C21H41IN+. The van der Waals surface area contributed by atoms with Crippen LogP contribution in [0.2, 0.25) is 0 Å². The molecule has 1 nitrogen and oxygen atoms in total. The molecule has 0 aliphatic carbocycles. The third kappa shape index (κ3) is 10.7. The van der Waals surface area contributed by atoms with Gasteiger partial charge in [-0.15, -0.1) is 6.42 Å². The van der Waals surface area contributed by atoms with Gasteiger partial charge in [0.15, 0.2) is 0 Å². The molecular weight excluding hydrogens is 393 g/mol. The Hall–Kier alpha value is 0.250. The second-order valence-corrected chi connectivity index (χ2v) is 8.25. The first kappa shape index (κ1) is 23.2. The van der Waals surface area contributed by atoms with Crippen LogP contribution in [0.4, 0.5) is 0 Å². The molecule has 0 N–H and O–H groups in total. The summed E-state index contributed by atoms with van der Waals surface area (Å²) in [5.41, 5.74) is 0. The van der Waals surface area contributed by atoms with Crippen molar-refractivity contribution in [3.8, 4) is 12.3 Å². The van der Waals surface area contributed by atoms with E-state index in [9.17, 15) is 0 Å². The first-order valence-electron chi connectivity index (χ1n) is 10.1. The van der Waals surface area contributed by atoms with Crippen molar-refractivity contribution in [1.29, 1.82) is 0 Å². The van der Waals surface area contributed by atoms with Gasteiger partial charge in [-0.2, -0.15) is 0 Å². The van der Waals surface area contributed by atoms with E-state index in [1.807, 2.05) is 0 Å². The monoisotopic (exact) mass is 434 g/mol. The topological polar surface area (TPSA) is 0 Å². The predicted molar refractivity (Wildman–Crippen MR) is 114 cm³/mol. The van der Waals surface area contributed by atoms with Crippen LogP contribution in [0.3, 0.4) is 0 Å². The van der Waals surface area contributed by atoms with Crippen molar-refractivity contribution in [2.75, 3.05) is 19.6 Å². The fourth-order valence-electron chi connectivity index (χ4n) is 3.39. The Morgan fingerprint density at radius 1 is 0.696 bits per heavy atom. The van der Waals surface area contributed by atoms with E-state index in [1.54, 1.807) is 0 Å². The molecule has 136 valence electrons. The van der Waals surface area contributed by atoms with Crippen LogP contribution < -0.4 is 0 Å². The number of unbranched alkanes of at least 4 members (excludes halogenated alkanes) is 9. The van der Waals surface area contributed by atoms with Crippen LogP contribution in [0.25, 0.3) is 0 Å². The number of halogens is 1. The lowest BCUT2D eigenvalue weighted by Gasteiger charge is -2.41. The number of hydrogen-bond acceptors (Lipinski definition) is 0. The van der Waals surface area contributed by atoms with E-state index in [4.69, 9.17) is 6.42 Å². The van der Waals surface area contributed by atoms with Crippen molar-refractivity contribution in [2.45, 2.75) is 102 Å². The summed E-state index contributed by atoms with van der Waals surface area (Å²) >= 11 is 2.54. The predicted octanol–water partition coefficient (Wildman–Crippen LogP) is 6.94. The number of rotatable bonds is 16. The van der Waals surface area contributed by atoms with Crippen molar-refractivity contribution in [3.05, 3.63) is 0 Å². The maximum atomic E-state index is 5.88. The van der Waals surface area contributed by atoms with Crippen molar-refractivity contribution >= 4 is 22.6 Å². The van der Waals surface area contributed by atoms with Gasteiger partial charge < -0.3 is 4.48 Å². The molecule has 0 bridgehead atoms. The molecule has 0 fully saturated rings. The standard InChI is InChI=1S/C21H41IN/c1-5-9-12-15-18-23(21(22)8-4,19-16-13-10-6-2)20-17-14-11-7-3/h4,21H,5-7,9-20H2,1-3H3/q+1. The van der Waals surface area contributed by atoms with Gasteiger partial charge in [-0.3, -0.25) is 0 Å². The lowest BCUT2D eigenvalue weighted by molar-refractivity contribution is -0.927. The van der Waals surface area contributed by atoms with E-state index in [0.717, 1.165) is 0 Å². The van der Waals surface area contributed by atoms with Gasteiger partial charge in [0.25, 0.3) is 0 Å². The summed E-state index contributed by atoms with van der Waals surface area (Å²) < 4.78 is 1.52. The molecule has 0 spiro atoms. The van der Waals surface area contributed by atoms with Gasteiger partial charge in [0.05, 0.1) is 19.6 Å². The Labute approximate surface area is 160 Å². The lowest BCUT2D eigenvalue weighted by Crippen LogP contribution is -2.54. The van der Waals surface area contributed by atoms with Gasteiger partial charge in [0.1, 0.15) is 0 Å². The van der Waals surface area contributed by atoms with Crippen molar-refractivity contribution in [3.63, 3.8) is 0 Å². The van der Waals surface area contributed by atoms with Gasteiger partial charge in [0.2, 0.25) is 4.05 Å². The third-order valence-electron chi connectivity index (χ3n) is 4.99. The fraction of sp³-hybridized carbons (Fsp3) is 0.905. The average Bonchev–Trinajstić information content (AvgIpc) is 2.58. The van der Waals surface area contributed by atoms with Crippen LogP contribution in [0.1, 0.15) is 97.8 Å². The van der Waals surface area contributed by atoms with Crippen molar-refractivity contribution in [1.82, 2.24) is 0 Å². The smallest absolute Gasteiger partial charge is 0.200 e. The van der Waals surface area contributed by atoms with Gasteiger partial charge in [-0.25, -0.2) is 0 Å². The second kappa shape index (κ2) is 15.8. The molecule has 1 atom stereocenters. The van der Waals surface area contributed by atoms with E-state index >= 15 is 0 Å². The zero-order valence-corrected chi connectivity index (χ0v) is 18.2. The van der Waals surface area contributed by atoms with Gasteiger partial charge in [-0.1, -0.05) is 59.3 Å². The highest BCUT2D eigenvalue weighted by atomic mass is 127. The normalized spacial score (nSPS) is 13.0. The summed E-state index contributed by atoms with van der Waals surface area (Å²) in [6.45, 7) is 10.7. The minimum absolute atomic E-state index is 0.345. The molecule has 0 aromatic rings. The molecule has 0 heterocycles. The molecule has 0 aromatic carbocycles. The number of terminal acetylenes is 1. The van der Waals surface area contributed by atoms with Crippen molar-refractivity contribution < 1.29 is 4.48 Å². The molecule has 0 saturated heterocycles. The first-order chi connectivity index (χ1) is 11.2. The van der Waals surface area contributed by atoms with Crippen LogP contribution in [0, 0.1) is 12.3 Å². The lowest BCUT2D eigenvalue weighted by atomic mass is 10.1. The zero-order valence-electron chi connectivity index (χ0n) is 16.1. The Bertz CT molecular complexity index is 263. The van der Waals surface area contributed by atoms with Crippen molar-refractivity contribution in [2.24, 2.45) is 0 Å². The largest absolute Gasteiger partial charge is 0.303 e. The molecule has 2 heteroatoms. The summed E-state index contributed by atoms with van der Waals surface area (Å²) in [7, 11) is 0. The molecule has 0 aliphatic rings. The van der Waals surface area contributed by atoms with Crippen LogP contribution >= 0.6 is 22.6 Å². The Morgan fingerprint density at radius 3 is 1.30 bits per heavy atom. The Morgan fingerprint density at radius 2 is 1.04 bits per heavy atom. The summed E-state index contributed by atoms with van der Waals surface area (Å²) in [6.07, 6.45) is 22.1. The Kier molecular flexibility index (Phi) is 15.9. The number of quaternary nitrogens is 1. The van der Waals surface area contributed by atoms with Gasteiger partial charge in [-0.05, 0) is 44.4 Å². The number of nitrogens with zero attached hydrogens (tertiary/aromatic N) is 1. The van der Waals surface area contributed by atoms with Gasteiger partial charge in [0, 0.05) is 22.6 Å². The second-order valence-electron chi connectivity index (χ2n) is 7.07.